The van der Waals surface area contributed by atoms with Crippen LogP contribution in [0.1, 0.15) is 52.1 Å². The van der Waals surface area contributed by atoms with E-state index in [2.05, 4.69) is 20.0 Å². The SMILES string of the molecule is CCC(=O)c1ccc(Nc2ncc(C(F)(F)F)c(C[C@@H]3Cc4ccccc4[C@H]3NS(C)(=O)=O)n2)c(OC)c1. The Hall–Kier alpha value is -3.51. The lowest BCUT2D eigenvalue weighted by Crippen LogP contribution is -2.32. The number of sulfonamides is 1. The van der Waals surface area contributed by atoms with Crippen molar-refractivity contribution in [2.24, 2.45) is 5.92 Å². The van der Waals surface area contributed by atoms with Crippen molar-refractivity contribution in [3.8, 4) is 5.75 Å². The van der Waals surface area contributed by atoms with E-state index in [1.165, 1.54) is 13.2 Å². The number of carbonyl (C=O) groups excluding carboxylic acids is 1. The molecule has 38 heavy (non-hydrogen) atoms. The van der Waals surface area contributed by atoms with E-state index in [1.54, 1.807) is 37.3 Å². The van der Waals surface area contributed by atoms with Crippen LogP contribution in [-0.4, -0.2) is 37.5 Å². The zero-order chi connectivity index (χ0) is 27.7. The molecule has 4 rings (SSSR count). The fourth-order valence-electron chi connectivity index (χ4n) is 4.67. The third kappa shape index (κ3) is 6.13. The smallest absolute Gasteiger partial charge is 0.419 e. The van der Waals surface area contributed by atoms with Crippen LogP contribution in [0.15, 0.2) is 48.7 Å². The molecule has 8 nitrogen and oxygen atoms in total. The number of fused-ring (bicyclic) bond motifs is 1. The Morgan fingerprint density at radius 3 is 2.58 bits per heavy atom. The Bertz CT molecular complexity index is 1460. The number of carbonyl (C=O) groups is 1. The first-order valence-corrected chi connectivity index (χ1v) is 13.7. The predicted octanol–water partition coefficient (Wildman–Crippen LogP) is 4.85. The second-order valence-electron chi connectivity index (χ2n) is 9.10. The number of ether oxygens (including phenoxy) is 1. The number of hydrogen-bond acceptors (Lipinski definition) is 7. The Labute approximate surface area is 218 Å². The molecule has 0 bridgehead atoms. The highest BCUT2D eigenvalue weighted by Gasteiger charge is 2.39. The number of aromatic nitrogens is 2. The maximum absolute atomic E-state index is 13.9. The van der Waals surface area contributed by atoms with Crippen LogP contribution in [0.5, 0.6) is 5.75 Å². The highest BCUT2D eigenvalue weighted by Crippen LogP contribution is 2.40. The maximum atomic E-state index is 13.9. The lowest BCUT2D eigenvalue weighted by atomic mass is 9.94. The molecule has 0 saturated carbocycles. The summed E-state index contributed by atoms with van der Waals surface area (Å²) in [6, 6.07) is 11.2. The normalized spacial score (nSPS) is 17.2. The standard InChI is InChI=1S/C26H27F3N4O4S/c1-4-22(34)16-9-10-20(23(13-16)37-2)31-25-30-14-19(26(27,28)29)21(32-25)12-17-11-15-7-5-6-8-18(15)24(17)33-38(3,35)36/h5-10,13-14,17,24,33H,4,11-12H2,1-3H3,(H,30,31,32)/t17-,24-/m0/s1. The van der Waals surface area contributed by atoms with E-state index in [1.807, 2.05) is 6.07 Å². The quantitative estimate of drug-likeness (QED) is 0.368. The van der Waals surface area contributed by atoms with Crippen LogP contribution in [0.2, 0.25) is 0 Å². The van der Waals surface area contributed by atoms with Crippen LogP contribution in [-0.2, 0) is 29.0 Å². The van der Waals surface area contributed by atoms with Gasteiger partial charge in [-0.05, 0) is 48.1 Å². The molecule has 1 heterocycles. The summed E-state index contributed by atoms with van der Waals surface area (Å²) < 4.78 is 73.8. The van der Waals surface area contributed by atoms with Crippen LogP contribution in [0.25, 0.3) is 0 Å². The van der Waals surface area contributed by atoms with Gasteiger partial charge in [0.25, 0.3) is 0 Å². The Morgan fingerprint density at radius 1 is 1.18 bits per heavy atom. The predicted molar refractivity (Wildman–Crippen MR) is 136 cm³/mol. The van der Waals surface area contributed by atoms with Gasteiger partial charge >= 0.3 is 6.18 Å². The maximum Gasteiger partial charge on any atom is 0.419 e. The zero-order valence-corrected chi connectivity index (χ0v) is 21.8. The van der Waals surface area contributed by atoms with Gasteiger partial charge in [-0.1, -0.05) is 31.2 Å². The number of nitrogens with one attached hydrogen (secondary N) is 2. The Balaban J connectivity index is 1.69. The van der Waals surface area contributed by atoms with Crippen LogP contribution >= 0.6 is 0 Å². The summed E-state index contributed by atoms with van der Waals surface area (Å²) in [5.41, 5.74) is 1.16. The van der Waals surface area contributed by atoms with Crippen molar-refractivity contribution in [1.29, 1.82) is 0 Å². The van der Waals surface area contributed by atoms with Crippen molar-refractivity contribution in [1.82, 2.24) is 14.7 Å². The summed E-state index contributed by atoms with van der Waals surface area (Å²) in [6.45, 7) is 1.73. The molecular formula is C26H27F3N4O4S. The molecular weight excluding hydrogens is 521 g/mol. The van der Waals surface area contributed by atoms with Crippen molar-refractivity contribution in [2.75, 3.05) is 18.7 Å². The third-order valence-electron chi connectivity index (χ3n) is 6.40. The van der Waals surface area contributed by atoms with Gasteiger partial charge in [-0.15, -0.1) is 0 Å². The molecule has 0 spiro atoms. The fraction of sp³-hybridized carbons (Fsp3) is 0.346. The van der Waals surface area contributed by atoms with E-state index >= 15 is 0 Å². The molecule has 202 valence electrons. The molecule has 0 saturated heterocycles. The summed E-state index contributed by atoms with van der Waals surface area (Å²) in [5, 5.41) is 2.88. The first-order chi connectivity index (χ1) is 17.9. The minimum atomic E-state index is -4.71. The second-order valence-corrected chi connectivity index (χ2v) is 10.9. The number of halogens is 3. The highest BCUT2D eigenvalue weighted by molar-refractivity contribution is 7.88. The van der Waals surface area contributed by atoms with Crippen molar-refractivity contribution >= 4 is 27.4 Å². The molecule has 0 amide bonds. The monoisotopic (exact) mass is 548 g/mol. The lowest BCUT2D eigenvalue weighted by molar-refractivity contribution is -0.138. The molecule has 1 aromatic heterocycles. The summed E-state index contributed by atoms with van der Waals surface area (Å²) in [4.78, 5) is 20.1. The summed E-state index contributed by atoms with van der Waals surface area (Å²) in [7, 11) is -2.23. The highest BCUT2D eigenvalue weighted by atomic mass is 32.2. The molecule has 0 fully saturated rings. The average Bonchev–Trinajstić information content (AvgIpc) is 3.18. The number of anilines is 2. The van der Waals surface area contributed by atoms with Crippen molar-refractivity contribution < 1.29 is 31.1 Å². The van der Waals surface area contributed by atoms with E-state index in [9.17, 15) is 26.4 Å². The topological polar surface area (TPSA) is 110 Å². The van der Waals surface area contributed by atoms with E-state index < -0.39 is 33.7 Å². The molecule has 12 heteroatoms. The average molecular weight is 549 g/mol. The minimum absolute atomic E-state index is 0.0854. The number of ketones is 1. The van der Waals surface area contributed by atoms with Gasteiger partial charge in [0.15, 0.2) is 5.78 Å². The number of hydrogen-bond donors (Lipinski definition) is 2. The number of Topliss-reactive ketones (excluding diaryl/α,β-unsaturated/α-hetero) is 1. The molecule has 0 radical (unpaired) electrons. The second kappa shape index (κ2) is 10.7. The molecule has 2 N–H and O–H groups in total. The Morgan fingerprint density at radius 2 is 1.92 bits per heavy atom. The van der Waals surface area contributed by atoms with Gasteiger partial charge in [-0.25, -0.2) is 23.1 Å². The molecule has 3 aromatic rings. The summed E-state index contributed by atoms with van der Waals surface area (Å²) >= 11 is 0. The van der Waals surface area contributed by atoms with Crippen molar-refractivity contribution in [2.45, 2.75) is 38.4 Å². The van der Waals surface area contributed by atoms with Crippen LogP contribution < -0.4 is 14.8 Å². The zero-order valence-electron chi connectivity index (χ0n) is 21.0. The first-order valence-electron chi connectivity index (χ1n) is 11.9. The van der Waals surface area contributed by atoms with E-state index in [0.29, 0.717) is 36.0 Å². The van der Waals surface area contributed by atoms with Gasteiger partial charge in [0.2, 0.25) is 16.0 Å². The van der Waals surface area contributed by atoms with Gasteiger partial charge in [0.1, 0.15) is 5.75 Å². The molecule has 1 aliphatic carbocycles. The third-order valence-corrected chi connectivity index (χ3v) is 7.09. The number of alkyl halides is 3. The lowest BCUT2D eigenvalue weighted by Gasteiger charge is -2.22. The van der Waals surface area contributed by atoms with Gasteiger partial charge in [-0.3, -0.25) is 4.79 Å². The van der Waals surface area contributed by atoms with Gasteiger partial charge in [-0.2, -0.15) is 13.2 Å². The number of rotatable bonds is 9. The summed E-state index contributed by atoms with van der Waals surface area (Å²) in [6.07, 6.45) is -2.43. The van der Waals surface area contributed by atoms with Crippen LogP contribution in [0.3, 0.4) is 0 Å². The minimum Gasteiger partial charge on any atom is -0.495 e. The van der Waals surface area contributed by atoms with Crippen molar-refractivity contribution in [3.63, 3.8) is 0 Å². The fourth-order valence-corrected chi connectivity index (χ4v) is 5.45. The van der Waals surface area contributed by atoms with Crippen molar-refractivity contribution in [3.05, 3.63) is 76.6 Å². The van der Waals surface area contributed by atoms with Gasteiger partial charge in [0.05, 0.1) is 36.4 Å². The number of benzene rings is 2. The van der Waals surface area contributed by atoms with E-state index in [4.69, 9.17) is 4.74 Å². The van der Waals surface area contributed by atoms with Gasteiger partial charge < -0.3 is 10.1 Å². The molecule has 2 aromatic carbocycles. The molecule has 2 atom stereocenters. The Kier molecular flexibility index (Phi) is 7.75. The van der Waals surface area contributed by atoms with Gasteiger partial charge in [0, 0.05) is 18.2 Å². The molecule has 0 aliphatic heterocycles. The molecule has 0 unspecified atom stereocenters. The first kappa shape index (κ1) is 27.5. The van der Waals surface area contributed by atoms with E-state index in [0.717, 1.165) is 17.4 Å². The van der Waals surface area contributed by atoms with Crippen LogP contribution in [0.4, 0.5) is 24.8 Å². The summed E-state index contributed by atoms with van der Waals surface area (Å²) in [5.74, 6) is -0.375. The number of methoxy groups -OCH3 is 1. The number of nitrogens with zero attached hydrogens (tertiary/aromatic N) is 2. The largest absolute Gasteiger partial charge is 0.495 e. The molecule has 1 aliphatic rings. The van der Waals surface area contributed by atoms with E-state index in [-0.39, 0.29) is 23.8 Å². The van der Waals surface area contributed by atoms with Crippen LogP contribution in [0, 0.1) is 5.92 Å².